The summed E-state index contributed by atoms with van der Waals surface area (Å²) in [6, 6.07) is 23.4. The second-order valence-corrected chi connectivity index (χ2v) is 10.0. The molecule has 1 aliphatic rings. The molecule has 0 saturated heterocycles. The van der Waals surface area contributed by atoms with Gasteiger partial charge in [0, 0.05) is 29.3 Å². The summed E-state index contributed by atoms with van der Waals surface area (Å²) < 4.78 is 1.86. The molecular formula is C31H35N5O2. The van der Waals surface area contributed by atoms with E-state index in [0.29, 0.717) is 17.4 Å². The van der Waals surface area contributed by atoms with Crippen molar-refractivity contribution in [3.05, 3.63) is 84.1 Å². The van der Waals surface area contributed by atoms with Gasteiger partial charge >= 0.3 is 6.03 Å². The minimum Gasteiger partial charge on any atom is -0.367 e. The Morgan fingerprint density at radius 1 is 0.947 bits per heavy atom. The number of carbonyl (C=O) groups excluding carboxylic acids is 2. The fourth-order valence-corrected chi connectivity index (χ4v) is 5.57. The van der Waals surface area contributed by atoms with Gasteiger partial charge in [0.2, 0.25) is 0 Å². The van der Waals surface area contributed by atoms with E-state index in [1.54, 1.807) is 0 Å². The van der Waals surface area contributed by atoms with Gasteiger partial charge in [-0.2, -0.15) is 0 Å². The lowest BCUT2D eigenvalue weighted by atomic mass is 9.93. The Hall–Kier alpha value is -4.26. The summed E-state index contributed by atoms with van der Waals surface area (Å²) in [5, 5.41) is 6.98. The Balaban J connectivity index is 1.57. The number of urea groups is 1. The molecule has 7 heteroatoms. The molecule has 1 saturated carbocycles. The highest BCUT2D eigenvalue weighted by Gasteiger charge is 2.24. The molecule has 1 aromatic heterocycles. The SMILES string of the molecule is CCN(c1ccc(-n2c(C(N)=O)cc3ccccc32)cc1NC(=O)Nc1ccc(C)cc1)C1CCCCC1. The van der Waals surface area contributed by atoms with Gasteiger partial charge in [0.15, 0.2) is 0 Å². The minimum absolute atomic E-state index is 0.320. The molecule has 1 fully saturated rings. The fraction of sp³-hybridized carbons (Fsp3) is 0.290. The molecule has 3 amide bonds. The molecule has 1 heterocycles. The first-order valence-corrected chi connectivity index (χ1v) is 13.4. The molecule has 5 rings (SSSR count). The molecule has 7 nitrogen and oxygen atoms in total. The number of para-hydroxylation sites is 1. The van der Waals surface area contributed by atoms with Crippen molar-refractivity contribution in [1.29, 1.82) is 0 Å². The molecule has 196 valence electrons. The van der Waals surface area contributed by atoms with Crippen LogP contribution >= 0.6 is 0 Å². The molecule has 0 unspecified atom stereocenters. The van der Waals surface area contributed by atoms with Gasteiger partial charge in [-0.25, -0.2) is 4.79 Å². The van der Waals surface area contributed by atoms with E-state index in [0.717, 1.165) is 52.9 Å². The molecule has 0 aliphatic heterocycles. The monoisotopic (exact) mass is 509 g/mol. The number of hydrogen-bond donors (Lipinski definition) is 3. The molecular weight excluding hydrogens is 474 g/mol. The van der Waals surface area contributed by atoms with Gasteiger partial charge in [-0.15, -0.1) is 0 Å². The molecule has 0 spiro atoms. The van der Waals surface area contributed by atoms with Crippen LogP contribution in [0, 0.1) is 6.92 Å². The molecule has 1 aliphatic carbocycles. The quantitative estimate of drug-likeness (QED) is 0.255. The number of rotatable bonds is 7. The highest BCUT2D eigenvalue weighted by Crippen LogP contribution is 2.35. The average molecular weight is 510 g/mol. The number of amides is 3. The van der Waals surface area contributed by atoms with E-state index in [4.69, 9.17) is 5.73 Å². The molecule has 0 radical (unpaired) electrons. The number of nitrogens with two attached hydrogens (primary N) is 1. The Morgan fingerprint density at radius 2 is 1.68 bits per heavy atom. The zero-order valence-corrected chi connectivity index (χ0v) is 22.0. The van der Waals surface area contributed by atoms with E-state index < -0.39 is 5.91 Å². The van der Waals surface area contributed by atoms with Crippen LogP contribution in [0.1, 0.15) is 55.1 Å². The molecule has 4 aromatic rings. The summed E-state index contributed by atoms with van der Waals surface area (Å²) in [5.74, 6) is -0.505. The van der Waals surface area contributed by atoms with Crippen LogP contribution < -0.4 is 21.3 Å². The van der Waals surface area contributed by atoms with Gasteiger partial charge in [0.1, 0.15) is 5.69 Å². The van der Waals surface area contributed by atoms with Crippen molar-refractivity contribution in [3.8, 4) is 5.69 Å². The third kappa shape index (κ3) is 5.23. The van der Waals surface area contributed by atoms with Crippen molar-refractivity contribution >= 4 is 39.9 Å². The molecule has 0 atom stereocenters. The van der Waals surface area contributed by atoms with Crippen molar-refractivity contribution in [2.45, 2.75) is 52.0 Å². The first-order chi connectivity index (χ1) is 18.4. The summed E-state index contributed by atoms with van der Waals surface area (Å²) in [4.78, 5) is 28.0. The number of aromatic nitrogens is 1. The molecule has 4 N–H and O–H groups in total. The fourth-order valence-electron chi connectivity index (χ4n) is 5.57. The van der Waals surface area contributed by atoms with Gasteiger partial charge in [-0.1, -0.05) is 55.2 Å². The van der Waals surface area contributed by atoms with Crippen molar-refractivity contribution in [2.75, 3.05) is 22.1 Å². The van der Waals surface area contributed by atoms with Crippen LogP contribution in [0.2, 0.25) is 0 Å². The Bertz CT molecular complexity index is 1450. The van der Waals surface area contributed by atoms with Crippen LogP contribution in [0.3, 0.4) is 0 Å². The van der Waals surface area contributed by atoms with Crippen molar-refractivity contribution in [1.82, 2.24) is 4.57 Å². The minimum atomic E-state index is -0.505. The number of nitrogens with zero attached hydrogens (tertiary/aromatic N) is 2. The van der Waals surface area contributed by atoms with Crippen molar-refractivity contribution in [2.24, 2.45) is 5.73 Å². The van der Waals surface area contributed by atoms with E-state index in [2.05, 4.69) is 28.5 Å². The van der Waals surface area contributed by atoms with Gasteiger partial charge < -0.3 is 25.8 Å². The summed E-state index contributed by atoms with van der Waals surface area (Å²) in [5.41, 5.74) is 11.3. The Kier molecular flexibility index (Phi) is 7.36. The molecule has 0 bridgehead atoms. The lowest BCUT2D eigenvalue weighted by Crippen LogP contribution is -2.37. The lowest BCUT2D eigenvalue weighted by molar-refractivity contribution is 0.0994. The third-order valence-corrected chi connectivity index (χ3v) is 7.42. The average Bonchev–Trinajstić information content (AvgIpc) is 3.32. The Labute approximate surface area is 223 Å². The number of nitrogens with one attached hydrogen (secondary N) is 2. The smallest absolute Gasteiger partial charge is 0.323 e. The van der Waals surface area contributed by atoms with Crippen LogP contribution in [0.5, 0.6) is 0 Å². The number of fused-ring (bicyclic) bond motifs is 1. The zero-order chi connectivity index (χ0) is 26.6. The topological polar surface area (TPSA) is 92.4 Å². The summed E-state index contributed by atoms with van der Waals surface area (Å²) in [6.07, 6.45) is 5.98. The van der Waals surface area contributed by atoms with Crippen LogP contribution in [-0.4, -0.2) is 29.1 Å². The molecule has 38 heavy (non-hydrogen) atoms. The van der Waals surface area contributed by atoms with Gasteiger partial charge in [0.05, 0.1) is 16.9 Å². The van der Waals surface area contributed by atoms with Crippen LogP contribution in [0.4, 0.5) is 21.9 Å². The maximum atomic E-state index is 13.2. The second kappa shape index (κ2) is 11.0. The van der Waals surface area contributed by atoms with Crippen molar-refractivity contribution < 1.29 is 9.59 Å². The van der Waals surface area contributed by atoms with Crippen LogP contribution in [0.25, 0.3) is 16.6 Å². The zero-order valence-electron chi connectivity index (χ0n) is 22.0. The third-order valence-electron chi connectivity index (χ3n) is 7.42. The second-order valence-electron chi connectivity index (χ2n) is 10.0. The highest BCUT2D eigenvalue weighted by atomic mass is 16.2. The standard InChI is InChI=1S/C31H35N5O2/c1-3-35(24-10-5-4-6-11-24)28-18-17-25(36-27-12-8-7-9-22(27)19-29(36)30(32)37)20-26(28)34-31(38)33-23-15-13-21(2)14-16-23/h7-9,12-20,24H,3-6,10-11H2,1-2H3,(H2,32,37)(H2,33,34,38). The van der Waals surface area contributed by atoms with Gasteiger partial charge in [-0.05, 0) is 69.2 Å². The Morgan fingerprint density at radius 3 is 2.39 bits per heavy atom. The van der Waals surface area contributed by atoms with Crippen LogP contribution in [-0.2, 0) is 0 Å². The summed E-state index contributed by atoms with van der Waals surface area (Å²) >= 11 is 0. The predicted octanol–water partition coefficient (Wildman–Crippen LogP) is 6.84. The van der Waals surface area contributed by atoms with Crippen LogP contribution in [0.15, 0.2) is 72.8 Å². The summed E-state index contributed by atoms with van der Waals surface area (Å²) in [6.45, 7) is 5.00. The van der Waals surface area contributed by atoms with E-state index in [-0.39, 0.29) is 6.03 Å². The highest BCUT2D eigenvalue weighted by molar-refractivity contribution is 6.03. The summed E-state index contributed by atoms with van der Waals surface area (Å²) in [7, 11) is 0. The number of primary amides is 1. The molecule has 3 aromatic carbocycles. The number of carbonyl (C=O) groups is 2. The van der Waals surface area contributed by atoms with E-state index in [9.17, 15) is 9.59 Å². The van der Waals surface area contributed by atoms with E-state index >= 15 is 0 Å². The number of anilines is 3. The van der Waals surface area contributed by atoms with Gasteiger partial charge in [-0.3, -0.25) is 4.79 Å². The van der Waals surface area contributed by atoms with Crippen molar-refractivity contribution in [3.63, 3.8) is 0 Å². The van der Waals surface area contributed by atoms with E-state index in [1.807, 2.05) is 78.2 Å². The largest absolute Gasteiger partial charge is 0.367 e. The first-order valence-electron chi connectivity index (χ1n) is 13.4. The number of benzene rings is 3. The predicted molar refractivity (Wildman–Crippen MR) is 156 cm³/mol. The number of hydrogen-bond acceptors (Lipinski definition) is 3. The maximum Gasteiger partial charge on any atom is 0.323 e. The van der Waals surface area contributed by atoms with Gasteiger partial charge in [0.25, 0.3) is 5.91 Å². The van der Waals surface area contributed by atoms with E-state index in [1.165, 1.54) is 19.3 Å². The lowest BCUT2D eigenvalue weighted by Gasteiger charge is -2.36. The number of aryl methyl sites for hydroxylation is 1. The maximum absolute atomic E-state index is 13.2. The first kappa shape index (κ1) is 25.4. The normalized spacial score (nSPS) is 13.8.